The van der Waals surface area contributed by atoms with Crippen LogP contribution in [0.3, 0.4) is 0 Å². The number of pyridine rings is 1. The van der Waals surface area contributed by atoms with Crippen molar-refractivity contribution in [3.05, 3.63) is 65.1 Å². The summed E-state index contributed by atoms with van der Waals surface area (Å²) < 4.78 is 43.4. The zero-order valence-corrected chi connectivity index (χ0v) is 15.6. The molecule has 0 aliphatic heterocycles. The third kappa shape index (κ3) is 3.60. The molecule has 0 atom stereocenters. The molecule has 0 bridgehead atoms. The van der Waals surface area contributed by atoms with E-state index < -0.39 is 20.7 Å². The van der Waals surface area contributed by atoms with Gasteiger partial charge in [-0.05, 0) is 37.1 Å². The molecule has 2 heterocycles. The smallest absolute Gasteiger partial charge is 0.272 e. The summed E-state index contributed by atoms with van der Waals surface area (Å²) in [5, 5.41) is 4.37. The molecule has 1 aliphatic carbocycles. The SMILES string of the molecule is O=c1n(CCNS(=O)(=O)c2ccccc2F)nc(-c2cccnc2)n1C1CC1. The average molecular weight is 403 g/mol. The molecule has 28 heavy (non-hydrogen) atoms. The van der Waals surface area contributed by atoms with E-state index in [4.69, 9.17) is 0 Å². The second kappa shape index (κ2) is 7.28. The lowest BCUT2D eigenvalue weighted by atomic mass is 10.3. The van der Waals surface area contributed by atoms with Crippen LogP contribution in [-0.4, -0.2) is 34.3 Å². The van der Waals surface area contributed by atoms with E-state index in [0.717, 1.165) is 24.5 Å². The number of hydrogen-bond acceptors (Lipinski definition) is 5. The van der Waals surface area contributed by atoms with Gasteiger partial charge in [0, 0.05) is 30.5 Å². The minimum Gasteiger partial charge on any atom is -0.272 e. The number of benzene rings is 1. The molecule has 10 heteroatoms. The molecule has 3 aromatic rings. The topological polar surface area (TPSA) is 98.9 Å². The first-order valence-electron chi connectivity index (χ1n) is 8.81. The van der Waals surface area contributed by atoms with E-state index in [9.17, 15) is 17.6 Å². The third-order valence-electron chi connectivity index (χ3n) is 4.44. The molecule has 0 unspecified atom stereocenters. The number of nitrogens with zero attached hydrogens (tertiary/aromatic N) is 4. The predicted octanol–water partition coefficient (Wildman–Crippen LogP) is 1.56. The molecule has 0 saturated heterocycles. The second-order valence-corrected chi connectivity index (χ2v) is 8.24. The molecule has 0 spiro atoms. The monoisotopic (exact) mass is 403 g/mol. The van der Waals surface area contributed by atoms with Gasteiger partial charge in [0.1, 0.15) is 10.7 Å². The van der Waals surface area contributed by atoms with Crippen molar-refractivity contribution in [2.45, 2.75) is 30.3 Å². The van der Waals surface area contributed by atoms with Crippen LogP contribution < -0.4 is 10.4 Å². The fourth-order valence-corrected chi connectivity index (χ4v) is 4.04. The van der Waals surface area contributed by atoms with Gasteiger partial charge >= 0.3 is 5.69 Å². The van der Waals surface area contributed by atoms with Crippen molar-refractivity contribution >= 4 is 10.0 Å². The highest BCUT2D eigenvalue weighted by Gasteiger charge is 2.30. The first-order chi connectivity index (χ1) is 13.5. The molecule has 1 fully saturated rings. The number of sulfonamides is 1. The van der Waals surface area contributed by atoms with Crippen molar-refractivity contribution in [1.29, 1.82) is 0 Å². The molecule has 1 N–H and O–H groups in total. The summed E-state index contributed by atoms with van der Waals surface area (Å²) >= 11 is 0. The van der Waals surface area contributed by atoms with Gasteiger partial charge < -0.3 is 0 Å². The Morgan fingerprint density at radius 1 is 1.18 bits per heavy atom. The summed E-state index contributed by atoms with van der Waals surface area (Å²) in [6.45, 7) is -0.0652. The van der Waals surface area contributed by atoms with Crippen molar-refractivity contribution in [3.63, 3.8) is 0 Å². The van der Waals surface area contributed by atoms with Crippen LogP contribution in [-0.2, 0) is 16.6 Å². The number of hydrogen-bond donors (Lipinski definition) is 1. The number of nitrogens with one attached hydrogen (secondary N) is 1. The highest BCUT2D eigenvalue weighted by molar-refractivity contribution is 7.89. The van der Waals surface area contributed by atoms with Gasteiger partial charge in [0.15, 0.2) is 5.82 Å². The van der Waals surface area contributed by atoms with Gasteiger partial charge in [-0.25, -0.2) is 27.0 Å². The van der Waals surface area contributed by atoms with Crippen LogP contribution in [0.5, 0.6) is 0 Å². The zero-order valence-electron chi connectivity index (χ0n) is 14.8. The molecule has 4 rings (SSSR count). The third-order valence-corrected chi connectivity index (χ3v) is 5.94. The maximum Gasteiger partial charge on any atom is 0.346 e. The average Bonchev–Trinajstić information content (AvgIpc) is 3.47. The molecule has 8 nitrogen and oxygen atoms in total. The van der Waals surface area contributed by atoms with E-state index in [-0.39, 0.29) is 24.8 Å². The Labute approximate surface area is 160 Å². The van der Waals surface area contributed by atoms with Crippen LogP contribution in [0, 0.1) is 5.82 Å². The number of halogens is 1. The summed E-state index contributed by atoms with van der Waals surface area (Å²) in [5.74, 6) is -0.318. The van der Waals surface area contributed by atoms with E-state index in [2.05, 4.69) is 14.8 Å². The van der Waals surface area contributed by atoms with Crippen LogP contribution in [0.4, 0.5) is 4.39 Å². The van der Waals surface area contributed by atoms with Gasteiger partial charge in [-0.1, -0.05) is 12.1 Å². The summed E-state index contributed by atoms with van der Waals surface area (Å²) in [4.78, 5) is 16.4. The minimum absolute atomic E-state index is 0.0273. The standard InChI is InChI=1S/C18H18FN5O3S/c19-15-5-1-2-6-16(15)28(26,27)21-10-11-23-18(25)24(14-7-8-14)17(22-23)13-4-3-9-20-12-13/h1-6,9,12,14,21H,7-8,10-11H2. The molecule has 0 radical (unpaired) electrons. The Bertz CT molecular complexity index is 1150. The zero-order chi connectivity index (χ0) is 19.7. The molecule has 146 valence electrons. The fraction of sp³-hybridized carbons (Fsp3) is 0.278. The Balaban J connectivity index is 1.55. The predicted molar refractivity (Wildman–Crippen MR) is 99.6 cm³/mol. The molecule has 1 aromatic carbocycles. The second-order valence-electron chi connectivity index (χ2n) is 6.50. The number of aromatic nitrogens is 4. The summed E-state index contributed by atoms with van der Waals surface area (Å²) in [6.07, 6.45) is 5.07. The highest BCUT2D eigenvalue weighted by Crippen LogP contribution is 2.36. The number of rotatable bonds is 7. The van der Waals surface area contributed by atoms with Crippen LogP contribution in [0.25, 0.3) is 11.4 Å². The lowest BCUT2D eigenvalue weighted by molar-refractivity contribution is 0.537. The Morgan fingerprint density at radius 2 is 1.96 bits per heavy atom. The highest BCUT2D eigenvalue weighted by atomic mass is 32.2. The summed E-state index contributed by atoms with van der Waals surface area (Å²) in [5.41, 5.74) is 0.420. The normalized spacial score (nSPS) is 14.3. The van der Waals surface area contributed by atoms with Gasteiger partial charge in [0.25, 0.3) is 0 Å². The van der Waals surface area contributed by atoms with Crippen LogP contribution in [0.15, 0.2) is 58.5 Å². The van der Waals surface area contributed by atoms with E-state index in [1.807, 2.05) is 6.07 Å². The van der Waals surface area contributed by atoms with E-state index in [0.29, 0.717) is 5.82 Å². The largest absolute Gasteiger partial charge is 0.346 e. The quantitative estimate of drug-likeness (QED) is 0.646. The van der Waals surface area contributed by atoms with Crippen molar-refractivity contribution in [2.75, 3.05) is 6.54 Å². The van der Waals surface area contributed by atoms with Gasteiger partial charge in [-0.3, -0.25) is 9.55 Å². The minimum atomic E-state index is -4.02. The molecule has 0 amide bonds. The molecular weight excluding hydrogens is 385 g/mol. The van der Waals surface area contributed by atoms with Crippen molar-refractivity contribution in [1.82, 2.24) is 24.1 Å². The molecule has 2 aromatic heterocycles. The van der Waals surface area contributed by atoms with Crippen molar-refractivity contribution in [2.24, 2.45) is 0 Å². The Hall–Kier alpha value is -2.85. The Kier molecular flexibility index (Phi) is 4.82. The molecular formula is C18H18FN5O3S. The van der Waals surface area contributed by atoms with Crippen molar-refractivity contribution in [3.8, 4) is 11.4 Å². The maximum absolute atomic E-state index is 13.7. The lowest BCUT2D eigenvalue weighted by Crippen LogP contribution is -2.32. The van der Waals surface area contributed by atoms with Gasteiger partial charge in [-0.2, -0.15) is 0 Å². The first kappa shape index (κ1) is 18.5. The van der Waals surface area contributed by atoms with Gasteiger partial charge in [0.05, 0.1) is 6.54 Å². The lowest BCUT2D eigenvalue weighted by Gasteiger charge is -2.07. The van der Waals surface area contributed by atoms with E-state index in [1.54, 1.807) is 23.0 Å². The van der Waals surface area contributed by atoms with Crippen LogP contribution in [0.1, 0.15) is 18.9 Å². The summed E-state index contributed by atoms with van der Waals surface area (Å²) in [7, 11) is -4.02. The maximum atomic E-state index is 13.7. The first-order valence-corrected chi connectivity index (χ1v) is 10.3. The fourth-order valence-electron chi connectivity index (χ4n) is 2.95. The molecule has 1 aliphatic rings. The van der Waals surface area contributed by atoms with Crippen LogP contribution in [0.2, 0.25) is 0 Å². The van der Waals surface area contributed by atoms with Gasteiger partial charge in [0.2, 0.25) is 10.0 Å². The van der Waals surface area contributed by atoms with Crippen LogP contribution >= 0.6 is 0 Å². The van der Waals surface area contributed by atoms with E-state index in [1.165, 1.54) is 22.9 Å². The molecule has 1 saturated carbocycles. The Morgan fingerprint density at radius 3 is 2.64 bits per heavy atom. The van der Waals surface area contributed by atoms with Gasteiger partial charge in [-0.15, -0.1) is 5.10 Å². The van der Waals surface area contributed by atoms with E-state index >= 15 is 0 Å². The summed E-state index contributed by atoms with van der Waals surface area (Å²) in [6, 6.07) is 8.81. The van der Waals surface area contributed by atoms with Crippen molar-refractivity contribution < 1.29 is 12.8 Å².